The summed E-state index contributed by atoms with van der Waals surface area (Å²) in [5, 5.41) is 5.64. The van der Waals surface area contributed by atoms with Crippen molar-refractivity contribution in [2.24, 2.45) is 0 Å². The summed E-state index contributed by atoms with van der Waals surface area (Å²) in [6.07, 6.45) is 0.837. The van der Waals surface area contributed by atoms with E-state index < -0.39 is 0 Å². The summed E-state index contributed by atoms with van der Waals surface area (Å²) in [5.74, 6) is 2.30. The summed E-state index contributed by atoms with van der Waals surface area (Å²) >= 11 is 0. The maximum atomic E-state index is 12.0. The number of nitrogens with one attached hydrogen (secondary N) is 2. The van der Waals surface area contributed by atoms with Crippen LogP contribution in [0.5, 0.6) is 17.2 Å². The molecule has 1 aliphatic heterocycles. The van der Waals surface area contributed by atoms with Crippen LogP contribution in [-0.2, 0) is 6.42 Å². The third kappa shape index (κ3) is 4.79. The second kappa shape index (κ2) is 7.79. The molecule has 3 rings (SSSR count). The standard InChI is InChI=1S/C19H22N2O4/c1-13(2)25-16-6-4-15(5-7-16)21-19(22)20-10-9-14-3-8-17-18(11-14)24-12-23-17/h3-8,11,13H,9-10,12H2,1-2H3,(H2,20,21,22). The highest BCUT2D eigenvalue weighted by Crippen LogP contribution is 2.32. The van der Waals surface area contributed by atoms with E-state index in [0.29, 0.717) is 13.0 Å². The summed E-state index contributed by atoms with van der Waals surface area (Å²) in [4.78, 5) is 12.0. The van der Waals surface area contributed by atoms with Gasteiger partial charge in [-0.15, -0.1) is 0 Å². The van der Waals surface area contributed by atoms with Crippen molar-refractivity contribution in [1.82, 2.24) is 5.32 Å². The lowest BCUT2D eigenvalue weighted by Crippen LogP contribution is -2.30. The molecule has 25 heavy (non-hydrogen) atoms. The van der Waals surface area contributed by atoms with Gasteiger partial charge in [-0.3, -0.25) is 0 Å². The Labute approximate surface area is 147 Å². The van der Waals surface area contributed by atoms with Crippen LogP contribution in [0.25, 0.3) is 0 Å². The van der Waals surface area contributed by atoms with Gasteiger partial charge in [-0.2, -0.15) is 0 Å². The molecule has 2 aromatic rings. The molecule has 0 bridgehead atoms. The van der Waals surface area contributed by atoms with Crippen LogP contribution in [0.1, 0.15) is 19.4 Å². The van der Waals surface area contributed by atoms with Crippen LogP contribution < -0.4 is 24.8 Å². The maximum absolute atomic E-state index is 12.0. The number of hydrogen-bond donors (Lipinski definition) is 2. The fourth-order valence-corrected chi connectivity index (χ4v) is 2.48. The van der Waals surface area contributed by atoms with Gasteiger partial charge in [-0.25, -0.2) is 4.79 Å². The van der Waals surface area contributed by atoms with Gasteiger partial charge in [0.05, 0.1) is 6.10 Å². The average Bonchev–Trinajstić information content (AvgIpc) is 3.04. The Morgan fingerprint density at radius 2 is 1.88 bits per heavy atom. The number of carbonyl (C=O) groups excluding carboxylic acids is 1. The second-order valence-electron chi connectivity index (χ2n) is 6.01. The SMILES string of the molecule is CC(C)Oc1ccc(NC(=O)NCCc2ccc3c(c2)OCO3)cc1. The first-order valence-corrected chi connectivity index (χ1v) is 8.30. The van der Waals surface area contributed by atoms with Crippen molar-refractivity contribution in [3.05, 3.63) is 48.0 Å². The summed E-state index contributed by atoms with van der Waals surface area (Å²) in [6, 6.07) is 12.9. The lowest BCUT2D eigenvalue weighted by molar-refractivity contribution is 0.174. The van der Waals surface area contributed by atoms with E-state index in [9.17, 15) is 4.79 Å². The average molecular weight is 342 g/mol. The second-order valence-corrected chi connectivity index (χ2v) is 6.01. The smallest absolute Gasteiger partial charge is 0.319 e. The highest BCUT2D eigenvalue weighted by atomic mass is 16.7. The Hall–Kier alpha value is -2.89. The van der Waals surface area contributed by atoms with E-state index in [-0.39, 0.29) is 18.9 Å². The zero-order valence-corrected chi connectivity index (χ0v) is 14.4. The normalized spacial score (nSPS) is 12.1. The molecule has 0 aromatic heterocycles. The third-order valence-corrected chi connectivity index (χ3v) is 3.62. The topological polar surface area (TPSA) is 68.8 Å². The number of urea groups is 1. The van der Waals surface area contributed by atoms with Gasteiger partial charge in [0.1, 0.15) is 5.75 Å². The van der Waals surface area contributed by atoms with Crippen LogP contribution in [0.2, 0.25) is 0 Å². The molecule has 0 aliphatic carbocycles. The minimum Gasteiger partial charge on any atom is -0.491 e. The zero-order valence-electron chi connectivity index (χ0n) is 14.4. The van der Waals surface area contributed by atoms with Crippen LogP contribution in [0.15, 0.2) is 42.5 Å². The summed E-state index contributed by atoms with van der Waals surface area (Å²) in [7, 11) is 0. The Bertz CT molecular complexity index is 729. The molecule has 2 aromatic carbocycles. The van der Waals surface area contributed by atoms with Crippen LogP contribution in [0.4, 0.5) is 10.5 Å². The van der Waals surface area contributed by atoms with Crippen LogP contribution >= 0.6 is 0 Å². The highest BCUT2D eigenvalue weighted by molar-refractivity contribution is 5.89. The lowest BCUT2D eigenvalue weighted by atomic mass is 10.1. The Morgan fingerprint density at radius 3 is 2.64 bits per heavy atom. The molecule has 6 heteroatoms. The minimum atomic E-state index is -0.238. The van der Waals surface area contributed by atoms with Gasteiger partial charge >= 0.3 is 6.03 Å². The molecule has 1 aliphatic rings. The molecule has 0 saturated carbocycles. The molecule has 1 heterocycles. The van der Waals surface area contributed by atoms with E-state index in [1.807, 2.05) is 56.3 Å². The van der Waals surface area contributed by atoms with E-state index in [0.717, 1.165) is 28.5 Å². The van der Waals surface area contributed by atoms with E-state index in [1.54, 1.807) is 0 Å². The number of rotatable bonds is 6. The zero-order chi connectivity index (χ0) is 17.6. The number of amides is 2. The van der Waals surface area contributed by atoms with Gasteiger partial charge in [0.15, 0.2) is 11.5 Å². The maximum Gasteiger partial charge on any atom is 0.319 e. The van der Waals surface area contributed by atoms with Gasteiger partial charge in [0.2, 0.25) is 6.79 Å². The van der Waals surface area contributed by atoms with E-state index >= 15 is 0 Å². The number of benzene rings is 2. The molecule has 0 unspecified atom stereocenters. The molecule has 0 radical (unpaired) electrons. The molecule has 6 nitrogen and oxygen atoms in total. The van der Waals surface area contributed by atoms with Crippen LogP contribution in [0.3, 0.4) is 0 Å². The monoisotopic (exact) mass is 342 g/mol. The molecular formula is C19H22N2O4. The van der Waals surface area contributed by atoms with E-state index in [1.165, 1.54) is 0 Å². The molecule has 2 amide bonds. The van der Waals surface area contributed by atoms with Crippen molar-refractivity contribution in [2.45, 2.75) is 26.4 Å². The highest BCUT2D eigenvalue weighted by Gasteiger charge is 2.13. The van der Waals surface area contributed by atoms with Crippen molar-refractivity contribution < 1.29 is 19.0 Å². The van der Waals surface area contributed by atoms with Crippen molar-refractivity contribution in [2.75, 3.05) is 18.7 Å². The third-order valence-electron chi connectivity index (χ3n) is 3.62. The number of anilines is 1. The van der Waals surface area contributed by atoms with Gasteiger partial charge in [0.25, 0.3) is 0 Å². The van der Waals surface area contributed by atoms with Gasteiger partial charge in [0, 0.05) is 12.2 Å². The molecule has 2 N–H and O–H groups in total. The van der Waals surface area contributed by atoms with E-state index in [4.69, 9.17) is 14.2 Å². The molecular weight excluding hydrogens is 320 g/mol. The fraction of sp³-hybridized carbons (Fsp3) is 0.316. The summed E-state index contributed by atoms with van der Waals surface area (Å²) in [5.41, 5.74) is 1.80. The van der Waals surface area contributed by atoms with E-state index in [2.05, 4.69) is 10.6 Å². The van der Waals surface area contributed by atoms with Crippen LogP contribution in [-0.4, -0.2) is 25.5 Å². The predicted molar refractivity (Wildman–Crippen MR) is 95.5 cm³/mol. The molecule has 0 fully saturated rings. The van der Waals surface area contributed by atoms with Crippen molar-refractivity contribution in [3.63, 3.8) is 0 Å². The molecule has 0 saturated heterocycles. The number of ether oxygens (including phenoxy) is 3. The Balaban J connectivity index is 1.43. The van der Waals surface area contributed by atoms with Gasteiger partial charge in [-0.1, -0.05) is 6.07 Å². The van der Waals surface area contributed by atoms with Gasteiger partial charge < -0.3 is 24.8 Å². The van der Waals surface area contributed by atoms with Crippen molar-refractivity contribution in [3.8, 4) is 17.2 Å². The quantitative estimate of drug-likeness (QED) is 0.842. The number of fused-ring (bicyclic) bond motifs is 1. The van der Waals surface area contributed by atoms with Gasteiger partial charge in [-0.05, 0) is 62.2 Å². The summed E-state index contributed by atoms with van der Waals surface area (Å²) < 4.78 is 16.2. The Kier molecular flexibility index (Phi) is 5.28. The first kappa shape index (κ1) is 17.0. The minimum absolute atomic E-state index is 0.123. The number of carbonyl (C=O) groups is 1. The first-order chi connectivity index (χ1) is 12.1. The lowest BCUT2D eigenvalue weighted by Gasteiger charge is -2.11. The van der Waals surface area contributed by atoms with Crippen molar-refractivity contribution in [1.29, 1.82) is 0 Å². The molecule has 0 spiro atoms. The predicted octanol–water partition coefficient (Wildman–Crippen LogP) is 3.57. The Morgan fingerprint density at radius 1 is 1.12 bits per heavy atom. The summed E-state index contributed by atoms with van der Waals surface area (Å²) in [6.45, 7) is 4.74. The first-order valence-electron chi connectivity index (χ1n) is 8.30. The van der Waals surface area contributed by atoms with Crippen molar-refractivity contribution >= 4 is 11.7 Å². The number of hydrogen-bond acceptors (Lipinski definition) is 4. The molecule has 132 valence electrons. The van der Waals surface area contributed by atoms with Crippen LogP contribution in [0, 0.1) is 0 Å². The fourth-order valence-electron chi connectivity index (χ4n) is 2.48. The largest absolute Gasteiger partial charge is 0.491 e. The molecule has 0 atom stereocenters.